The second-order valence-corrected chi connectivity index (χ2v) is 24.7. The standard InChI is InChI=1S/C47H58O12P2Si/c1-47(2,3)62(4,5)59-45-42(49)43(57-60(50,53-32-37-23-13-7-14-24-37)54-33-38-25-15-8-16-26-38)41(48)44(46(45)52-31-36-21-11-6-12-22-36)58-61(51,55-34-39-27-17-9-18-28-39)56-35-40-29-19-10-20-30-40/h6-30,41-46,48-49H,31-35H2,1-5H3/t41-,42+,43-,44+,45-,46+/m0/s1. The van der Waals surface area contributed by atoms with Crippen molar-refractivity contribution >= 4 is 24.0 Å². The van der Waals surface area contributed by atoms with Crippen LogP contribution >= 0.6 is 15.6 Å². The Labute approximate surface area is 366 Å². The van der Waals surface area contributed by atoms with Gasteiger partial charge in [0.25, 0.3) is 0 Å². The molecule has 0 aliphatic heterocycles. The van der Waals surface area contributed by atoms with Gasteiger partial charge in [-0.15, -0.1) is 0 Å². The number of ether oxygens (including phenoxy) is 1. The average molecular weight is 905 g/mol. The van der Waals surface area contributed by atoms with Crippen LogP contribution in [0.25, 0.3) is 0 Å². The maximum atomic E-state index is 15.1. The highest BCUT2D eigenvalue weighted by molar-refractivity contribution is 7.48. The van der Waals surface area contributed by atoms with Crippen LogP contribution in [0.4, 0.5) is 0 Å². The zero-order valence-electron chi connectivity index (χ0n) is 35.8. The van der Waals surface area contributed by atoms with Crippen molar-refractivity contribution in [1.29, 1.82) is 0 Å². The fraction of sp³-hybridized carbons (Fsp3) is 0.362. The lowest BCUT2D eigenvalue weighted by Gasteiger charge is -2.50. The first-order valence-corrected chi connectivity index (χ1v) is 26.5. The second-order valence-electron chi connectivity index (χ2n) is 16.7. The van der Waals surface area contributed by atoms with Crippen LogP contribution in [0, 0.1) is 0 Å². The maximum absolute atomic E-state index is 15.1. The molecule has 1 saturated carbocycles. The quantitative estimate of drug-likeness (QED) is 0.0533. The number of benzene rings is 5. The van der Waals surface area contributed by atoms with Crippen LogP contribution in [0.5, 0.6) is 0 Å². The molecule has 6 rings (SSSR count). The van der Waals surface area contributed by atoms with E-state index in [1.807, 2.05) is 137 Å². The summed E-state index contributed by atoms with van der Waals surface area (Å²) in [6.45, 7) is 9.39. The molecule has 0 aromatic heterocycles. The Balaban J connectivity index is 1.41. The van der Waals surface area contributed by atoms with E-state index in [0.717, 1.165) is 5.56 Å². The lowest BCUT2D eigenvalue weighted by atomic mass is 9.85. The van der Waals surface area contributed by atoms with Gasteiger partial charge in [0.15, 0.2) is 8.32 Å². The van der Waals surface area contributed by atoms with Crippen molar-refractivity contribution in [3.05, 3.63) is 179 Å². The number of aliphatic hydroxyl groups is 2. The lowest BCUT2D eigenvalue weighted by Crippen LogP contribution is -2.68. The molecule has 0 saturated heterocycles. The molecule has 332 valence electrons. The predicted octanol–water partition coefficient (Wildman–Crippen LogP) is 10.6. The summed E-state index contributed by atoms with van der Waals surface area (Å²) in [6, 6.07) is 45.5. The third-order valence-corrected chi connectivity index (χ3v) is 18.2. The summed E-state index contributed by atoms with van der Waals surface area (Å²) in [4.78, 5) is 0. The molecule has 0 amide bonds. The van der Waals surface area contributed by atoms with Gasteiger partial charge in [-0.1, -0.05) is 172 Å². The molecule has 2 N–H and O–H groups in total. The minimum absolute atomic E-state index is 0.00734. The molecule has 5 aromatic rings. The molecule has 5 aromatic carbocycles. The molecule has 0 spiro atoms. The molecule has 1 fully saturated rings. The van der Waals surface area contributed by atoms with Crippen LogP contribution in [-0.2, 0) is 78.5 Å². The van der Waals surface area contributed by atoms with Crippen LogP contribution in [0.15, 0.2) is 152 Å². The summed E-state index contributed by atoms with van der Waals surface area (Å²) in [5.74, 6) is 0. The molecular weight excluding hydrogens is 847 g/mol. The fourth-order valence-corrected chi connectivity index (χ4v) is 10.4. The highest BCUT2D eigenvalue weighted by Crippen LogP contribution is 2.57. The highest BCUT2D eigenvalue weighted by atomic mass is 31.2. The van der Waals surface area contributed by atoms with Crippen LogP contribution < -0.4 is 0 Å². The Kier molecular flexibility index (Phi) is 16.9. The third kappa shape index (κ3) is 13.4. The summed E-state index contributed by atoms with van der Waals surface area (Å²) in [6.07, 6.45) is -9.60. The summed E-state index contributed by atoms with van der Waals surface area (Å²) >= 11 is 0. The Morgan fingerprint density at radius 1 is 0.452 bits per heavy atom. The first-order chi connectivity index (χ1) is 29.6. The van der Waals surface area contributed by atoms with Crippen molar-refractivity contribution < 1.29 is 55.6 Å². The first kappa shape index (κ1) is 47.8. The molecule has 15 heteroatoms. The second kappa shape index (κ2) is 21.8. The monoisotopic (exact) mass is 904 g/mol. The largest absolute Gasteiger partial charge is 0.475 e. The molecule has 0 bridgehead atoms. The Morgan fingerprint density at radius 2 is 0.742 bits per heavy atom. The van der Waals surface area contributed by atoms with Gasteiger partial charge in [0.2, 0.25) is 0 Å². The summed E-state index contributed by atoms with van der Waals surface area (Å²) in [5, 5.41) is 24.6. The van der Waals surface area contributed by atoms with E-state index in [-0.39, 0.29) is 38.1 Å². The van der Waals surface area contributed by atoms with Gasteiger partial charge in [0, 0.05) is 0 Å². The summed E-state index contributed by atoms with van der Waals surface area (Å²) in [5.41, 5.74) is 3.49. The molecule has 1 aliphatic carbocycles. The third-order valence-electron chi connectivity index (χ3n) is 10.9. The molecule has 62 heavy (non-hydrogen) atoms. The molecular formula is C47H58O12P2Si. The fourth-order valence-electron chi connectivity index (χ4n) is 6.41. The molecule has 1 aliphatic rings. The van der Waals surface area contributed by atoms with Gasteiger partial charge in [-0.05, 0) is 45.9 Å². The van der Waals surface area contributed by atoms with Gasteiger partial charge >= 0.3 is 15.6 Å². The minimum atomic E-state index is -4.66. The van der Waals surface area contributed by atoms with Crippen molar-refractivity contribution in [3.8, 4) is 0 Å². The van der Waals surface area contributed by atoms with Gasteiger partial charge < -0.3 is 19.4 Å². The van der Waals surface area contributed by atoms with Crippen molar-refractivity contribution in [1.82, 2.24) is 0 Å². The average Bonchev–Trinajstić information content (AvgIpc) is 3.28. The van der Waals surface area contributed by atoms with E-state index < -0.39 is 60.6 Å². The number of hydrogen-bond donors (Lipinski definition) is 2. The zero-order chi connectivity index (χ0) is 44.2. The Hall–Kier alpha value is -3.62. The van der Waals surface area contributed by atoms with E-state index in [1.165, 1.54) is 0 Å². The molecule has 12 nitrogen and oxygen atoms in total. The van der Waals surface area contributed by atoms with Gasteiger partial charge in [0.05, 0.1) is 33.0 Å². The van der Waals surface area contributed by atoms with Gasteiger partial charge in [-0.3, -0.25) is 27.1 Å². The summed E-state index contributed by atoms with van der Waals surface area (Å²) in [7, 11) is -12.1. The SMILES string of the molecule is CC(C)(C)[Si](C)(C)O[C@H]1[C@H](O)[C@@H](OP(=O)(OCc2ccccc2)OCc2ccccc2)[C@H](O)[C@@H](OP(=O)(OCc2ccccc2)OCc2ccccc2)[C@H]1OCc1ccccc1. The first-order valence-electron chi connectivity index (χ1n) is 20.6. The van der Waals surface area contributed by atoms with Gasteiger partial charge in [0.1, 0.15) is 36.6 Å². The topological polar surface area (TPSA) is 148 Å². The normalized spacial score (nSPS) is 21.1. The van der Waals surface area contributed by atoms with E-state index in [0.29, 0.717) is 22.3 Å². The number of rotatable bonds is 21. The van der Waals surface area contributed by atoms with Crippen molar-refractivity contribution in [3.63, 3.8) is 0 Å². The van der Waals surface area contributed by atoms with E-state index in [9.17, 15) is 14.8 Å². The maximum Gasteiger partial charge on any atom is 0.475 e. The van der Waals surface area contributed by atoms with Gasteiger partial charge in [-0.2, -0.15) is 0 Å². The smallest absolute Gasteiger partial charge is 0.408 e. The van der Waals surface area contributed by atoms with E-state index in [2.05, 4.69) is 0 Å². The van der Waals surface area contributed by atoms with E-state index >= 15 is 4.57 Å². The van der Waals surface area contributed by atoms with Crippen molar-refractivity contribution in [2.45, 2.75) is 109 Å². The van der Waals surface area contributed by atoms with Crippen LogP contribution in [0.3, 0.4) is 0 Å². The molecule has 0 heterocycles. The van der Waals surface area contributed by atoms with Gasteiger partial charge in [-0.25, -0.2) is 9.13 Å². The minimum Gasteiger partial charge on any atom is -0.408 e. The highest BCUT2D eigenvalue weighted by Gasteiger charge is 2.58. The number of phosphoric ester groups is 2. The number of hydrogen-bond acceptors (Lipinski definition) is 12. The Morgan fingerprint density at radius 3 is 1.06 bits per heavy atom. The zero-order valence-corrected chi connectivity index (χ0v) is 38.6. The molecule has 0 radical (unpaired) electrons. The van der Waals surface area contributed by atoms with Crippen molar-refractivity contribution in [2.75, 3.05) is 0 Å². The van der Waals surface area contributed by atoms with Crippen LogP contribution in [0.2, 0.25) is 18.1 Å². The van der Waals surface area contributed by atoms with Crippen molar-refractivity contribution in [2.24, 2.45) is 0 Å². The van der Waals surface area contributed by atoms with Crippen LogP contribution in [-0.4, -0.2) is 55.2 Å². The number of phosphoric acid groups is 2. The molecule has 6 atom stereocenters. The van der Waals surface area contributed by atoms with E-state index in [4.69, 9.17) is 36.3 Å². The van der Waals surface area contributed by atoms with Crippen LogP contribution in [0.1, 0.15) is 48.6 Å². The van der Waals surface area contributed by atoms with E-state index in [1.54, 1.807) is 48.5 Å². The predicted molar refractivity (Wildman–Crippen MR) is 239 cm³/mol. The Bertz CT molecular complexity index is 2090. The number of aliphatic hydroxyl groups excluding tert-OH is 2. The molecule has 0 unspecified atom stereocenters. The summed E-state index contributed by atoms with van der Waals surface area (Å²) < 4.78 is 80.1. The lowest BCUT2D eigenvalue weighted by molar-refractivity contribution is -0.229.